The number of hydrogen-bond acceptors (Lipinski definition) is 3. The molecule has 0 aromatic rings. The summed E-state index contributed by atoms with van der Waals surface area (Å²) in [5.41, 5.74) is 1.41. The van der Waals surface area contributed by atoms with Crippen molar-refractivity contribution in [2.75, 3.05) is 45.8 Å². The van der Waals surface area contributed by atoms with Crippen molar-refractivity contribution in [3.8, 4) is 0 Å². The fourth-order valence-electron chi connectivity index (χ4n) is 2.35. The van der Waals surface area contributed by atoms with Crippen molar-refractivity contribution < 1.29 is 4.79 Å². The van der Waals surface area contributed by atoms with Crippen molar-refractivity contribution in [3.05, 3.63) is 11.6 Å². The van der Waals surface area contributed by atoms with Crippen LogP contribution in [0.4, 0.5) is 0 Å². The van der Waals surface area contributed by atoms with E-state index in [1.165, 1.54) is 5.57 Å². The highest BCUT2D eigenvalue weighted by atomic mass is 16.2. The van der Waals surface area contributed by atoms with Gasteiger partial charge in [0.25, 0.3) is 0 Å². The summed E-state index contributed by atoms with van der Waals surface area (Å²) >= 11 is 0. The highest BCUT2D eigenvalue weighted by Crippen LogP contribution is 2.10. The smallest absolute Gasteiger partial charge is 0.237 e. The van der Waals surface area contributed by atoms with E-state index in [0.29, 0.717) is 6.54 Å². The average Bonchev–Trinajstić information content (AvgIpc) is 2.58. The van der Waals surface area contributed by atoms with Gasteiger partial charge in [-0.2, -0.15) is 0 Å². The molecule has 0 radical (unpaired) electrons. The van der Waals surface area contributed by atoms with Crippen molar-refractivity contribution in [2.45, 2.75) is 19.8 Å². The molecule has 0 aromatic heterocycles. The van der Waals surface area contributed by atoms with Crippen LogP contribution in [0.5, 0.6) is 0 Å². The number of nitrogens with one attached hydrogen (secondary N) is 1. The van der Waals surface area contributed by atoms with Crippen LogP contribution in [-0.4, -0.2) is 61.5 Å². The van der Waals surface area contributed by atoms with Crippen molar-refractivity contribution >= 4 is 5.91 Å². The van der Waals surface area contributed by atoms with Crippen LogP contribution in [0.15, 0.2) is 11.6 Å². The van der Waals surface area contributed by atoms with Crippen LogP contribution in [0.3, 0.4) is 0 Å². The van der Waals surface area contributed by atoms with E-state index < -0.39 is 0 Å². The van der Waals surface area contributed by atoms with E-state index in [1.807, 2.05) is 4.90 Å². The van der Waals surface area contributed by atoms with Gasteiger partial charge < -0.3 is 10.2 Å². The third-order valence-electron chi connectivity index (χ3n) is 3.58. The Morgan fingerprint density at radius 3 is 3.00 bits per heavy atom. The van der Waals surface area contributed by atoms with E-state index in [9.17, 15) is 4.79 Å². The molecule has 0 spiro atoms. The van der Waals surface area contributed by atoms with Crippen LogP contribution in [0, 0.1) is 0 Å². The van der Waals surface area contributed by atoms with E-state index in [-0.39, 0.29) is 5.91 Å². The van der Waals surface area contributed by atoms with Gasteiger partial charge in [0.1, 0.15) is 0 Å². The number of rotatable bonds is 2. The first-order chi connectivity index (χ1) is 8.25. The Morgan fingerprint density at radius 1 is 1.35 bits per heavy atom. The lowest BCUT2D eigenvalue weighted by Crippen LogP contribution is -2.43. The maximum atomic E-state index is 12.1. The van der Waals surface area contributed by atoms with Crippen molar-refractivity contribution in [3.63, 3.8) is 0 Å². The number of amides is 1. The molecule has 4 nitrogen and oxygen atoms in total. The van der Waals surface area contributed by atoms with Gasteiger partial charge in [-0.05, 0) is 32.9 Å². The molecule has 2 aliphatic heterocycles. The summed E-state index contributed by atoms with van der Waals surface area (Å²) in [5.74, 6) is 0.288. The third kappa shape index (κ3) is 3.82. The van der Waals surface area contributed by atoms with Gasteiger partial charge in [0, 0.05) is 26.2 Å². The van der Waals surface area contributed by atoms with Crippen LogP contribution < -0.4 is 5.32 Å². The van der Waals surface area contributed by atoms with Gasteiger partial charge in [0.05, 0.1) is 6.54 Å². The Bertz CT molecular complexity index is 293. The number of hydrogen-bond donors (Lipinski definition) is 1. The Balaban J connectivity index is 1.80. The number of carbonyl (C=O) groups is 1. The summed E-state index contributed by atoms with van der Waals surface area (Å²) in [6, 6.07) is 0. The predicted molar refractivity (Wildman–Crippen MR) is 68.9 cm³/mol. The van der Waals surface area contributed by atoms with Crippen molar-refractivity contribution in [1.29, 1.82) is 0 Å². The molecule has 0 aromatic carbocycles. The minimum absolute atomic E-state index is 0.288. The third-order valence-corrected chi connectivity index (χ3v) is 3.58. The monoisotopic (exact) mass is 237 g/mol. The van der Waals surface area contributed by atoms with Gasteiger partial charge in [-0.1, -0.05) is 11.6 Å². The maximum absolute atomic E-state index is 12.1. The van der Waals surface area contributed by atoms with Gasteiger partial charge in [0.15, 0.2) is 0 Å². The highest BCUT2D eigenvalue weighted by molar-refractivity contribution is 5.78. The van der Waals surface area contributed by atoms with Crippen molar-refractivity contribution in [1.82, 2.24) is 15.1 Å². The summed E-state index contributed by atoms with van der Waals surface area (Å²) in [7, 11) is 0. The molecule has 0 saturated carbocycles. The summed E-state index contributed by atoms with van der Waals surface area (Å²) in [6.45, 7) is 8.55. The largest absolute Gasteiger partial charge is 0.338 e. The number of nitrogens with zero attached hydrogens (tertiary/aromatic N) is 2. The van der Waals surface area contributed by atoms with Crippen molar-refractivity contribution in [2.24, 2.45) is 0 Å². The first kappa shape index (κ1) is 12.6. The number of carbonyl (C=O) groups excluding carboxylic acids is 1. The zero-order chi connectivity index (χ0) is 12.1. The van der Waals surface area contributed by atoms with Crippen LogP contribution in [0.2, 0.25) is 0 Å². The van der Waals surface area contributed by atoms with Crippen LogP contribution in [0.1, 0.15) is 19.8 Å². The van der Waals surface area contributed by atoms with E-state index in [0.717, 1.165) is 52.1 Å². The normalized spacial score (nSPS) is 23.1. The van der Waals surface area contributed by atoms with E-state index in [2.05, 4.69) is 23.2 Å². The SMILES string of the molecule is CC1=CCN(C(=O)CN2CCCNCC2)CC1. The zero-order valence-electron chi connectivity index (χ0n) is 10.7. The molecule has 1 fully saturated rings. The fraction of sp³-hybridized carbons (Fsp3) is 0.769. The fourth-order valence-corrected chi connectivity index (χ4v) is 2.35. The van der Waals surface area contributed by atoms with Gasteiger partial charge in [0.2, 0.25) is 5.91 Å². The van der Waals surface area contributed by atoms with Gasteiger partial charge in [-0.3, -0.25) is 9.69 Å². The molecule has 1 N–H and O–H groups in total. The standard InChI is InChI=1S/C13H23N3O/c1-12-3-8-16(9-4-12)13(17)11-15-7-2-5-14-6-10-15/h3,14H,2,4-11H2,1H3. The van der Waals surface area contributed by atoms with Gasteiger partial charge >= 0.3 is 0 Å². The first-order valence-corrected chi connectivity index (χ1v) is 6.62. The Morgan fingerprint density at radius 2 is 2.24 bits per heavy atom. The molecule has 4 heteroatoms. The van der Waals surface area contributed by atoms with E-state index in [4.69, 9.17) is 0 Å². The Hall–Kier alpha value is -0.870. The lowest BCUT2D eigenvalue weighted by molar-refractivity contribution is -0.132. The zero-order valence-corrected chi connectivity index (χ0v) is 10.7. The molecule has 0 atom stereocenters. The summed E-state index contributed by atoms with van der Waals surface area (Å²) in [6.07, 6.45) is 4.35. The predicted octanol–water partition coefficient (Wildman–Crippen LogP) is 0.460. The molecule has 1 amide bonds. The molecule has 0 bridgehead atoms. The van der Waals surface area contributed by atoms with Crippen LogP contribution >= 0.6 is 0 Å². The maximum Gasteiger partial charge on any atom is 0.237 e. The lowest BCUT2D eigenvalue weighted by Gasteiger charge is -2.28. The summed E-state index contributed by atoms with van der Waals surface area (Å²) in [4.78, 5) is 16.4. The Kier molecular flexibility index (Phi) is 4.57. The molecule has 0 aliphatic carbocycles. The lowest BCUT2D eigenvalue weighted by atomic mass is 10.1. The van der Waals surface area contributed by atoms with Crippen LogP contribution in [-0.2, 0) is 4.79 Å². The van der Waals surface area contributed by atoms with E-state index in [1.54, 1.807) is 0 Å². The average molecular weight is 237 g/mol. The highest BCUT2D eigenvalue weighted by Gasteiger charge is 2.19. The Labute approximate surface area is 104 Å². The summed E-state index contributed by atoms with van der Waals surface area (Å²) in [5, 5.41) is 3.36. The minimum Gasteiger partial charge on any atom is -0.338 e. The first-order valence-electron chi connectivity index (χ1n) is 6.62. The molecule has 2 heterocycles. The molecular formula is C13H23N3O. The molecule has 2 rings (SSSR count). The topological polar surface area (TPSA) is 35.6 Å². The molecule has 2 aliphatic rings. The quantitative estimate of drug-likeness (QED) is 0.709. The van der Waals surface area contributed by atoms with Crippen LogP contribution in [0.25, 0.3) is 0 Å². The minimum atomic E-state index is 0.288. The van der Waals surface area contributed by atoms with Gasteiger partial charge in [-0.25, -0.2) is 0 Å². The molecule has 1 saturated heterocycles. The molecular weight excluding hydrogens is 214 g/mol. The molecule has 17 heavy (non-hydrogen) atoms. The second-order valence-electron chi connectivity index (χ2n) is 5.02. The second kappa shape index (κ2) is 6.17. The van der Waals surface area contributed by atoms with E-state index >= 15 is 0 Å². The van der Waals surface area contributed by atoms with Gasteiger partial charge in [-0.15, -0.1) is 0 Å². The summed E-state index contributed by atoms with van der Waals surface area (Å²) < 4.78 is 0. The molecule has 0 unspecified atom stereocenters. The second-order valence-corrected chi connectivity index (χ2v) is 5.02. The molecule has 96 valence electrons.